The summed E-state index contributed by atoms with van der Waals surface area (Å²) in [6.07, 6.45) is 4.85. The number of carbonyl (C=O) groups is 1. The lowest BCUT2D eigenvalue weighted by Crippen LogP contribution is -2.55. The van der Waals surface area contributed by atoms with E-state index in [1.807, 2.05) is 24.3 Å². The first kappa shape index (κ1) is 22.2. The number of nitrogens with zero attached hydrogens (tertiary/aromatic N) is 2. The average molecular weight is 465 g/mol. The van der Waals surface area contributed by atoms with E-state index in [2.05, 4.69) is 16.8 Å². The third-order valence-corrected chi connectivity index (χ3v) is 7.66. The summed E-state index contributed by atoms with van der Waals surface area (Å²) in [5, 5.41) is 1.55. The molecule has 2 aromatic carbocycles. The van der Waals surface area contributed by atoms with Gasteiger partial charge in [-0.2, -0.15) is 0 Å². The van der Waals surface area contributed by atoms with Crippen LogP contribution in [0.4, 0.5) is 0 Å². The van der Waals surface area contributed by atoms with Gasteiger partial charge in [-0.05, 0) is 79.8 Å². The van der Waals surface area contributed by atoms with Gasteiger partial charge in [-0.1, -0.05) is 24.9 Å². The van der Waals surface area contributed by atoms with Crippen LogP contribution in [0.1, 0.15) is 48.2 Å². The summed E-state index contributed by atoms with van der Waals surface area (Å²) >= 11 is 6.03. The Hall–Kier alpha value is -2.63. The molecule has 6 heteroatoms. The molecule has 0 N–H and O–H groups in total. The number of pyridine rings is 1. The van der Waals surface area contributed by atoms with Crippen LogP contribution in [-0.4, -0.2) is 42.1 Å². The smallest absolute Gasteiger partial charge is 0.338 e. The van der Waals surface area contributed by atoms with E-state index in [1.165, 1.54) is 12.8 Å². The van der Waals surface area contributed by atoms with Gasteiger partial charge in [0.15, 0.2) is 0 Å². The van der Waals surface area contributed by atoms with Crippen molar-refractivity contribution in [2.24, 2.45) is 11.8 Å². The first-order valence-electron chi connectivity index (χ1n) is 11.7. The topological polar surface area (TPSA) is 51.7 Å². The largest absolute Gasteiger partial charge is 0.497 e. The molecule has 3 aliphatic rings. The van der Waals surface area contributed by atoms with Crippen LogP contribution in [0.25, 0.3) is 10.9 Å². The van der Waals surface area contributed by atoms with E-state index in [1.54, 1.807) is 37.6 Å². The molecule has 172 valence electrons. The van der Waals surface area contributed by atoms with Crippen molar-refractivity contribution in [2.75, 3.05) is 20.2 Å². The molecular formula is C27H29ClN2O3. The summed E-state index contributed by atoms with van der Waals surface area (Å²) in [4.78, 5) is 20.3. The van der Waals surface area contributed by atoms with Crippen LogP contribution in [0.5, 0.6) is 5.75 Å². The number of rotatable bonds is 6. The minimum absolute atomic E-state index is 0.139. The SMILES string of the molecule is CC[C@@H]1CN2CCC1CC2[C@H](OC(=O)c1ccc(Cl)cc1)c1ccnc2ccc(OC)cc12. The maximum atomic E-state index is 13.2. The van der Waals surface area contributed by atoms with Crippen LogP contribution in [0.3, 0.4) is 0 Å². The summed E-state index contributed by atoms with van der Waals surface area (Å²) in [6.45, 7) is 4.39. The molecule has 0 radical (unpaired) electrons. The first-order chi connectivity index (χ1) is 16.1. The van der Waals surface area contributed by atoms with E-state index >= 15 is 0 Å². The van der Waals surface area contributed by atoms with Gasteiger partial charge in [-0.3, -0.25) is 9.88 Å². The van der Waals surface area contributed by atoms with Gasteiger partial charge in [0.05, 0.1) is 24.2 Å². The highest BCUT2D eigenvalue weighted by molar-refractivity contribution is 6.30. The van der Waals surface area contributed by atoms with Crippen molar-refractivity contribution < 1.29 is 14.3 Å². The number of methoxy groups -OCH3 is 1. The van der Waals surface area contributed by atoms with Gasteiger partial charge in [0, 0.05) is 28.7 Å². The van der Waals surface area contributed by atoms with Crippen LogP contribution in [-0.2, 0) is 4.74 Å². The molecule has 33 heavy (non-hydrogen) atoms. The fraction of sp³-hybridized carbons (Fsp3) is 0.407. The molecule has 4 heterocycles. The molecule has 3 unspecified atom stereocenters. The van der Waals surface area contributed by atoms with E-state index < -0.39 is 6.10 Å². The Bertz CT molecular complexity index is 1150. The van der Waals surface area contributed by atoms with Crippen LogP contribution in [0.15, 0.2) is 54.7 Å². The number of halogens is 1. The fourth-order valence-corrected chi connectivity index (χ4v) is 5.72. The Kier molecular flexibility index (Phi) is 6.26. The van der Waals surface area contributed by atoms with Crippen molar-refractivity contribution in [1.82, 2.24) is 9.88 Å². The summed E-state index contributed by atoms with van der Waals surface area (Å²) in [5.74, 6) is 1.82. The number of hydrogen-bond acceptors (Lipinski definition) is 5. The molecular weight excluding hydrogens is 436 g/mol. The van der Waals surface area contributed by atoms with Crippen LogP contribution in [0, 0.1) is 11.8 Å². The average Bonchev–Trinajstić information content (AvgIpc) is 2.87. The minimum atomic E-state index is -0.397. The zero-order valence-electron chi connectivity index (χ0n) is 19.0. The number of ether oxygens (including phenoxy) is 2. The van der Waals surface area contributed by atoms with Crippen molar-refractivity contribution in [3.8, 4) is 5.75 Å². The number of piperidine rings is 3. The van der Waals surface area contributed by atoms with Crippen LogP contribution < -0.4 is 4.74 Å². The highest BCUT2D eigenvalue weighted by Gasteiger charge is 2.44. The second-order valence-electron chi connectivity index (χ2n) is 9.13. The number of aromatic nitrogens is 1. The molecule has 0 spiro atoms. The molecule has 1 aromatic heterocycles. The van der Waals surface area contributed by atoms with Crippen LogP contribution in [0.2, 0.25) is 5.02 Å². The van der Waals surface area contributed by atoms with Crippen molar-refractivity contribution in [1.29, 1.82) is 0 Å². The Morgan fingerprint density at radius 2 is 2.03 bits per heavy atom. The molecule has 3 aromatic rings. The standard InChI is InChI=1S/C27H29ClN2O3/c1-3-17-16-30-13-11-19(17)14-25(30)26(33-27(31)18-4-6-20(28)7-5-18)22-10-12-29-24-9-8-21(32-2)15-23(22)24/h4-10,12,15,17,19,25-26H,3,11,13-14,16H2,1-2H3/t17-,19?,25?,26-/m1/s1. The molecule has 0 amide bonds. The normalized spacial score (nSPS) is 25.1. The number of carbonyl (C=O) groups excluding carboxylic acids is 1. The predicted molar refractivity (Wildman–Crippen MR) is 130 cm³/mol. The van der Waals surface area contributed by atoms with Gasteiger partial charge in [-0.15, -0.1) is 0 Å². The zero-order chi connectivity index (χ0) is 22.9. The molecule has 0 aliphatic carbocycles. The molecule has 5 atom stereocenters. The molecule has 3 fully saturated rings. The highest BCUT2D eigenvalue weighted by atomic mass is 35.5. The summed E-state index contributed by atoms with van der Waals surface area (Å²) in [7, 11) is 1.66. The molecule has 2 bridgehead atoms. The van der Waals surface area contributed by atoms with E-state index in [4.69, 9.17) is 21.1 Å². The number of benzene rings is 2. The first-order valence-corrected chi connectivity index (χ1v) is 12.1. The van der Waals surface area contributed by atoms with Crippen molar-refractivity contribution in [3.63, 3.8) is 0 Å². The van der Waals surface area contributed by atoms with Crippen molar-refractivity contribution in [2.45, 2.75) is 38.3 Å². The number of hydrogen-bond donors (Lipinski definition) is 0. The highest BCUT2D eigenvalue weighted by Crippen LogP contribution is 2.44. The van der Waals surface area contributed by atoms with Crippen molar-refractivity contribution in [3.05, 3.63) is 70.9 Å². The predicted octanol–water partition coefficient (Wildman–Crippen LogP) is 5.92. The molecule has 6 rings (SSSR count). The van der Waals surface area contributed by atoms with E-state index in [-0.39, 0.29) is 12.0 Å². The lowest BCUT2D eigenvalue weighted by Gasteiger charge is -2.51. The van der Waals surface area contributed by atoms with Gasteiger partial charge in [0.2, 0.25) is 0 Å². The third kappa shape index (κ3) is 4.32. The van der Waals surface area contributed by atoms with E-state index in [0.29, 0.717) is 16.5 Å². The summed E-state index contributed by atoms with van der Waals surface area (Å²) in [6, 6.07) is 14.9. The minimum Gasteiger partial charge on any atom is -0.497 e. The lowest BCUT2D eigenvalue weighted by molar-refractivity contribution is -0.0659. The molecule has 5 nitrogen and oxygen atoms in total. The molecule has 3 saturated heterocycles. The Morgan fingerprint density at radius 3 is 2.73 bits per heavy atom. The van der Waals surface area contributed by atoms with E-state index in [9.17, 15) is 4.79 Å². The second kappa shape index (κ2) is 9.32. The fourth-order valence-electron chi connectivity index (χ4n) is 5.60. The van der Waals surface area contributed by atoms with Crippen molar-refractivity contribution >= 4 is 28.5 Å². The third-order valence-electron chi connectivity index (χ3n) is 7.41. The Balaban J connectivity index is 1.55. The van der Waals surface area contributed by atoms with E-state index in [0.717, 1.165) is 47.6 Å². The maximum Gasteiger partial charge on any atom is 0.338 e. The van der Waals surface area contributed by atoms with Crippen LogP contribution >= 0.6 is 11.6 Å². The van der Waals surface area contributed by atoms with Gasteiger partial charge < -0.3 is 9.47 Å². The second-order valence-corrected chi connectivity index (χ2v) is 9.57. The number of fused-ring (bicyclic) bond motifs is 4. The molecule has 0 saturated carbocycles. The monoisotopic (exact) mass is 464 g/mol. The van der Waals surface area contributed by atoms with Gasteiger partial charge in [0.1, 0.15) is 11.9 Å². The Labute approximate surface area is 199 Å². The maximum absolute atomic E-state index is 13.2. The zero-order valence-corrected chi connectivity index (χ0v) is 19.8. The molecule has 3 aliphatic heterocycles. The van der Waals surface area contributed by atoms with Gasteiger partial charge in [-0.25, -0.2) is 4.79 Å². The number of esters is 1. The lowest BCUT2D eigenvalue weighted by atomic mass is 9.72. The summed E-state index contributed by atoms with van der Waals surface area (Å²) < 4.78 is 11.8. The quantitative estimate of drug-likeness (QED) is 0.424. The van der Waals surface area contributed by atoms with Gasteiger partial charge >= 0.3 is 5.97 Å². The van der Waals surface area contributed by atoms with Gasteiger partial charge in [0.25, 0.3) is 0 Å². The Morgan fingerprint density at radius 1 is 1.21 bits per heavy atom. The summed E-state index contributed by atoms with van der Waals surface area (Å²) in [5.41, 5.74) is 2.35.